The molecule has 1 atom stereocenters. The predicted molar refractivity (Wildman–Crippen MR) is 84.4 cm³/mol. The first-order valence-corrected chi connectivity index (χ1v) is 7.67. The van der Waals surface area contributed by atoms with Gasteiger partial charge in [0.2, 0.25) is 0 Å². The second kappa shape index (κ2) is 4.88. The van der Waals surface area contributed by atoms with Gasteiger partial charge in [0.25, 0.3) is 0 Å². The molecule has 0 fully saturated rings. The van der Waals surface area contributed by atoms with Crippen LogP contribution >= 0.6 is 15.9 Å². The maximum Gasteiger partial charge on any atom is 0.124 e. The molecule has 0 saturated carbocycles. The highest BCUT2D eigenvalue weighted by molar-refractivity contribution is 9.10. The Hall–Kier alpha value is -1.35. The van der Waals surface area contributed by atoms with Gasteiger partial charge in [-0.25, -0.2) is 0 Å². The molecule has 0 N–H and O–H groups in total. The van der Waals surface area contributed by atoms with Crippen LogP contribution in [0.25, 0.3) is 0 Å². The molecule has 2 nitrogen and oxygen atoms in total. The molecule has 104 valence electrons. The largest absolute Gasteiger partial charge is 0.483 e. The maximum absolute atomic E-state index is 6.11. The van der Waals surface area contributed by atoms with Gasteiger partial charge in [0.05, 0.1) is 5.69 Å². The topological polar surface area (TPSA) is 22.1 Å². The van der Waals surface area contributed by atoms with Crippen LogP contribution in [0.2, 0.25) is 0 Å². The molecule has 1 aromatic heterocycles. The first-order valence-electron chi connectivity index (χ1n) is 6.88. The summed E-state index contributed by atoms with van der Waals surface area (Å²) < 4.78 is 7.17. The Morgan fingerprint density at radius 3 is 2.95 bits per heavy atom. The van der Waals surface area contributed by atoms with Crippen LogP contribution in [0, 0.1) is 0 Å². The first kappa shape index (κ1) is 13.6. The number of hydrogen-bond donors (Lipinski definition) is 0. The van der Waals surface area contributed by atoms with Gasteiger partial charge in [-0.1, -0.05) is 6.08 Å². The minimum absolute atomic E-state index is 0.240. The lowest BCUT2D eigenvalue weighted by molar-refractivity contribution is 0.0776. The van der Waals surface area contributed by atoms with Crippen LogP contribution in [-0.4, -0.2) is 10.6 Å². The summed E-state index contributed by atoms with van der Waals surface area (Å²) in [5.41, 5.74) is 3.41. The summed E-state index contributed by atoms with van der Waals surface area (Å²) in [6.45, 7) is 6.35. The molecule has 2 aliphatic rings. The summed E-state index contributed by atoms with van der Waals surface area (Å²) in [5, 5.41) is 0. The number of ether oxygens (including phenoxy) is 1. The van der Waals surface area contributed by atoms with E-state index in [1.165, 1.54) is 11.1 Å². The number of aromatic nitrogens is 1. The van der Waals surface area contributed by atoms with Gasteiger partial charge in [0, 0.05) is 22.2 Å². The fourth-order valence-corrected chi connectivity index (χ4v) is 3.59. The number of pyridine rings is 1. The number of hydrogen-bond acceptors (Lipinski definition) is 2. The van der Waals surface area contributed by atoms with Crippen molar-refractivity contribution in [1.29, 1.82) is 0 Å². The van der Waals surface area contributed by atoms with Crippen molar-refractivity contribution < 1.29 is 4.74 Å². The predicted octanol–water partition coefficient (Wildman–Crippen LogP) is 4.90. The molecule has 0 radical (unpaired) electrons. The van der Waals surface area contributed by atoms with Gasteiger partial charge >= 0.3 is 0 Å². The minimum atomic E-state index is -0.240. The summed E-state index contributed by atoms with van der Waals surface area (Å²) in [7, 11) is 0. The molecule has 0 unspecified atom stereocenters. The Kier molecular flexibility index (Phi) is 3.33. The Bertz CT molecular complexity index is 640. The Balaban J connectivity index is 2.09. The highest BCUT2D eigenvalue weighted by atomic mass is 79.9. The van der Waals surface area contributed by atoms with Crippen LogP contribution in [0.15, 0.2) is 57.9 Å². The van der Waals surface area contributed by atoms with E-state index >= 15 is 0 Å². The van der Waals surface area contributed by atoms with Crippen LogP contribution in [-0.2, 0) is 4.74 Å². The van der Waals surface area contributed by atoms with Gasteiger partial charge < -0.3 is 4.74 Å². The average Bonchev–Trinajstić information content (AvgIpc) is 2.37. The van der Waals surface area contributed by atoms with Crippen LogP contribution < -0.4 is 0 Å². The molecule has 0 aromatic carbocycles. The van der Waals surface area contributed by atoms with E-state index in [1.807, 2.05) is 18.3 Å². The zero-order valence-electron chi connectivity index (χ0n) is 12.0. The number of nitrogens with zero attached hydrogens (tertiary/aromatic N) is 1. The van der Waals surface area contributed by atoms with E-state index in [0.717, 1.165) is 22.3 Å². The Morgan fingerprint density at radius 2 is 2.20 bits per heavy atom. The van der Waals surface area contributed by atoms with Crippen LogP contribution in [0.4, 0.5) is 0 Å². The SMILES string of the molecule is CC1=CC(C)(C)OC2=C1[C@H](c1ncccc1Br)CC=C2. The lowest BCUT2D eigenvalue weighted by atomic mass is 9.81. The van der Waals surface area contributed by atoms with Crippen LogP contribution in [0.3, 0.4) is 0 Å². The molecular weight excluding hydrogens is 314 g/mol. The van der Waals surface area contributed by atoms with Crippen molar-refractivity contribution in [2.45, 2.75) is 38.7 Å². The highest BCUT2D eigenvalue weighted by Gasteiger charge is 2.33. The summed E-state index contributed by atoms with van der Waals surface area (Å²) in [6, 6.07) is 4.00. The average molecular weight is 332 g/mol. The molecule has 0 saturated heterocycles. The van der Waals surface area contributed by atoms with Crippen LogP contribution in [0.5, 0.6) is 0 Å². The smallest absolute Gasteiger partial charge is 0.124 e. The van der Waals surface area contributed by atoms with Crippen molar-refractivity contribution in [2.24, 2.45) is 0 Å². The normalized spacial score (nSPS) is 24.0. The molecular formula is C17H18BrNO. The third kappa shape index (κ3) is 2.35. The molecule has 20 heavy (non-hydrogen) atoms. The second-order valence-corrected chi connectivity index (χ2v) is 6.73. The fraction of sp³-hybridized carbons (Fsp3) is 0.353. The van der Waals surface area contributed by atoms with E-state index in [9.17, 15) is 0 Å². The van der Waals surface area contributed by atoms with Gasteiger partial charge in [-0.3, -0.25) is 4.98 Å². The van der Waals surface area contributed by atoms with Crippen LogP contribution in [0.1, 0.15) is 38.8 Å². The summed E-state index contributed by atoms with van der Waals surface area (Å²) in [6.07, 6.45) is 9.30. The van der Waals surface area contributed by atoms with E-state index in [4.69, 9.17) is 4.74 Å². The second-order valence-electron chi connectivity index (χ2n) is 5.87. The van der Waals surface area contributed by atoms with E-state index in [0.29, 0.717) is 0 Å². The lowest BCUT2D eigenvalue weighted by Crippen LogP contribution is -2.28. The lowest BCUT2D eigenvalue weighted by Gasteiger charge is -2.35. The number of halogens is 1. The highest BCUT2D eigenvalue weighted by Crippen LogP contribution is 2.44. The zero-order valence-corrected chi connectivity index (χ0v) is 13.6. The molecule has 3 heteroatoms. The van der Waals surface area contributed by atoms with Gasteiger partial charge in [-0.05, 0) is 73.0 Å². The number of allylic oxidation sites excluding steroid dienone is 4. The van der Waals surface area contributed by atoms with Gasteiger partial charge in [0.1, 0.15) is 11.4 Å². The van der Waals surface area contributed by atoms with Gasteiger partial charge in [-0.2, -0.15) is 0 Å². The minimum Gasteiger partial charge on any atom is -0.483 e. The van der Waals surface area contributed by atoms with E-state index in [2.05, 4.69) is 59.9 Å². The third-order valence-electron chi connectivity index (χ3n) is 3.73. The van der Waals surface area contributed by atoms with Gasteiger partial charge in [-0.15, -0.1) is 0 Å². The Morgan fingerprint density at radius 1 is 1.40 bits per heavy atom. The molecule has 1 aliphatic carbocycles. The van der Waals surface area contributed by atoms with Gasteiger partial charge in [0.15, 0.2) is 0 Å². The molecule has 1 aromatic rings. The third-order valence-corrected chi connectivity index (χ3v) is 4.40. The molecule has 0 spiro atoms. The van der Waals surface area contributed by atoms with E-state index in [-0.39, 0.29) is 11.5 Å². The monoisotopic (exact) mass is 331 g/mol. The van der Waals surface area contributed by atoms with Crippen molar-refractivity contribution in [3.63, 3.8) is 0 Å². The summed E-state index contributed by atoms with van der Waals surface area (Å²) in [5.74, 6) is 1.25. The standard InChI is InChI=1S/C17H18BrNO/c1-11-10-17(2,3)20-14-8-4-6-12(15(11)14)16-13(18)7-5-9-19-16/h4-5,7-10,12H,6H2,1-3H3/t12-/m1/s1. The molecule has 2 heterocycles. The number of rotatable bonds is 1. The van der Waals surface area contributed by atoms with Crippen molar-refractivity contribution >= 4 is 15.9 Å². The quantitative estimate of drug-likeness (QED) is 0.730. The van der Waals surface area contributed by atoms with Crippen molar-refractivity contribution in [1.82, 2.24) is 4.98 Å². The maximum atomic E-state index is 6.11. The fourth-order valence-electron chi connectivity index (χ4n) is 3.06. The van der Waals surface area contributed by atoms with Crippen molar-refractivity contribution in [3.8, 4) is 0 Å². The summed E-state index contributed by atoms with van der Waals surface area (Å²) >= 11 is 3.62. The first-order chi connectivity index (χ1) is 9.48. The van der Waals surface area contributed by atoms with Crippen molar-refractivity contribution in [2.75, 3.05) is 0 Å². The molecule has 3 rings (SSSR count). The summed E-state index contributed by atoms with van der Waals surface area (Å²) in [4.78, 5) is 4.57. The molecule has 1 aliphatic heterocycles. The molecule has 0 amide bonds. The molecule has 0 bridgehead atoms. The Labute approximate surface area is 128 Å². The zero-order chi connectivity index (χ0) is 14.3. The van der Waals surface area contributed by atoms with E-state index in [1.54, 1.807) is 0 Å². The van der Waals surface area contributed by atoms with E-state index < -0.39 is 0 Å². The van der Waals surface area contributed by atoms with Crippen molar-refractivity contribution in [3.05, 3.63) is 63.6 Å².